The van der Waals surface area contributed by atoms with Crippen molar-refractivity contribution in [2.24, 2.45) is 0 Å². The molecule has 10 heteroatoms. The summed E-state index contributed by atoms with van der Waals surface area (Å²) in [7, 11) is -1.20. The molecule has 0 spiro atoms. The highest BCUT2D eigenvalue weighted by Crippen LogP contribution is 2.45. The zero-order valence-electron chi connectivity index (χ0n) is 18.7. The molecule has 1 amide bonds. The van der Waals surface area contributed by atoms with E-state index in [-0.39, 0.29) is 29.0 Å². The maximum absolute atomic E-state index is 13.1. The van der Waals surface area contributed by atoms with E-state index in [0.29, 0.717) is 5.56 Å². The summed E-state index contributed by atoms with van der Waals surface area (Å²) in [6.07, 6.45) is 0.910. The lowest BCUT2D eigenvalue weighted by Crippen LogP contribution is -2.25. The average Bonchev–Trinajstić information content (AvgIpc) is 3.39. The average molecular weight is 534 g/mol. The Morgan fingerprint density at radius 2 is 1.85 bits per heavy atom. The second-order valence-corrected chi connectivity index (χ2v) is 12.5. The topological polar surface area (TPSA) is 79.4 Å². The summed E-state index contributed by atoms with van der Waals surface area (Å²) in [6.45, 7) is 3.41. The number of thiazole rings is 1. The van der Waals surface area contributed by atoms with Gasteiger partial charge in [0.15, 0.2) is 9.84 Å². The van der Waals surface area contributed by atoms with E-state index in [4.69, 9.17) is 4.98 Å². The molecule has 1 aliphatic rings. The molecule has 3 heterocycles. The van der Waals surface area contributed by atoms with Crippen LogP contribution >= 0.6 is 35.1 Å². The van der Waals surface area contributed by atoms with E-state index in [9.17, 15) is 13.2 Å². The first kappa shape index (κ1) is 24.8. The molecule has 0 unspecified atom stereocenters. The number of amides is 1. The third-order valence-electron chi connectivity index (χ3n) is 5.84. The van der Waals surface area contributed by atoms with Crippen LogP contribution in [0.5, 0.6) is 0 Å². The fraction of sp³-hybridized carbons (Fsp3) is 0.250. The number of carbonyl (C=O) groups excluding carboxylic acids is 1. The Morgan fingerprint density at radius 1 is 1.12 bits per heavy atom. The Kier molecular flexibility index (Phi) is 7.12. The number of halogens is 1. The monoisotopic (exact) mass is 533 g/mol. The van der Waals surface area contributed by atoms with Gasteiger partial charge in [0.1, 0.15) is 10.0 Å². The zero-order valence-corrected chi connectivity index (χ0v) is 22.0. The van der Waals surface area contributed by atoms with Gasteiger partial charge in [-0.2, -0.15) is 0 Å². The van der Waals surface area contributed by atoms with E-state index < -0.39 is 9.84 Å². The van der Waals surface area contributed by atoms with Gasteiger partial charge in [0, 0.05) is 29.1 Å². The summed E-state index contributed by atoms with van der Waals surface area (Å²) >= 11 is 3.24. The first-order valence-corrected chi connectivity index (χ1v) is 14.0. The van der Waals surface area contributed by atoms with Crippen LogP contribution in [0.2, 0.25) is 0 Å². The lowest BCUT2D eigenvalue weighted by Gasteiger charge is -2.22. The molecule has 0 atom stereocenters. The minimum absolute atomic E-state index is 0. The standard InChI is InChI=1S/C24H23N3O3S3.ClH/c1-3-33(29,30)16-10-8-15(9-11-16)22(28)26-24-21(17-12-13-27(2)14-20(17)32-24)23-25-18-6-4-5-7-19(18)31-23;/h4-11H,3,12-14H2,1-2H3,(H,26,28);1H. The van der Waals surface area contributed by atoms with E-state index in [0.717, 1.165) is 45.3 Å². The summed E-state index contributed by atoms with van der Waals surface area (Å²) in [4.78, 5) is 21.7. The summed E-state index contributed by atoms with van der Waals surface area (Å²) in [5.74, 6) is -0.232. The van der Waals surface area contributed by atoms with Crippen molar-refractivity contribution >= 4 is 66.0 Å². The number of carbonyl (C=O) groups is 1. The van der Waals surface area contributed by atoms with E-state index >= 15 is 0 Å². The maximum atomic E-state index is 13.1. The van der Waals surface area contributed by atoms with Gasteiger partial charge in [-0.1, -0.05) is 19.1 Å². The fourth-order valence-electron chi connectivity index (χ4n) is 3.98. The van der Waals surface area contributed by atoms with Crippen LogP contribution in [0.1, 0.15) is 27.7 Å². The van der Waals surface area contributed by atoms with Crippen LogP contribution in [0.3, 0.4) is 0 Å². The van der Waals surface area contributed by atoms with Gasteiger partial charge in [-0.05, 0) is 55.4 Å². The summed E-state index contributed by atoms with van der Waals surface area (Å²) in [6, 6.07) is 14.2. The third-order valence-corrected chi connectivity index (χ3v) is 9.77. The molecule has 0 bridgehead atoms. The van der Waals surface area contributed by atoms with Gasteiger partial charge >= 0.3 is 0 Å². The summed E-state index contributed by atoms with van der Waals surface area (Å²) < 4.78 is 25.3. The van der Waals surface area contributed by atoms with Crippen LogP contribution in [0.25, 0.3) is 20.8 Å². The van der Waals surface area contributed by atoms with Crippen LogP contribution < -0.4 is 5.32 Å². The van der Waals surface area contributed by atoms with E-state index in [1.165, 1.54) is 22.6 Å². The Balaban J connectivity index is 0.00000274. The van der Waals surface area contributed by atoms with Crippen molar-refractivity contribution in [1.29, 1.82) is 0 Å². The highest BCUT2D eigenvalue weighted by molar-refractivity contribution is 7.91. The minimum atomic E-state index is -3.30. The summed E-state index contributed by atoms with van der Waals surface area (Å²) in [5.41, 5.74) is 3.65. The number of nitrogens with zero attached hydrogens (tertiary/aromatic N) is 2. The van der Waals surface area contributed by atoms with Crippen LogP contribution in [0.4, 0.5) is 5.00 Å². The predicted molar refractivity (Wildman–Crippen MR) is 142 cm³/mol. The lowest BCUT2D eigenvalue weighted by atomic mass is 10.0. The van der Waals surface area contributed by atoms with Gasteiger partial charge in [0.05, 0.1) is 20.9 Å². The number of hydrogen-bond donors (Lipinski definition) is 1. The number of sulfone groups is 1. The number of para-hydroxylation sites is 1. The number of rotatable bonds is 5. The quantitative estimate of drug-likeness (QED) is 0.367. The van der Waals surface area contributed by atoms with Crippen molar-refractivity contribution in [2.45, 2.75) is 24.8 Å². The molecule has 178 valence electrons. The molecular weight excluding hydrogens is 510 g/mol. The van der Waals surface area contributed by atoms with Crippen LogP contribution in [0.15, 0.2) is 53.4 Å². The summed E-state index contributed by atoms with van der Waals surface area (Å²) in [5, 5.41) is 4.80. The molecule has 0 saturated carbocycles. The predicted octanol–water partition coefficient (Wildman–Crippen LogP) is 5.48. The van der Waals surface area contributed by atoms with Crippen molar-refractivity contribution < 1.29 is 13.2 Å². The molecule has 5 rings (SSSR count). The van der Waals surface area contributed by atoms with Gasteiger partial charge < -0.3 is 10.2 Å². The highest BCUT2D eigenvalue weighted by atomic mass is 35.5. The SMILES string of the molecule is CCS(=O)(=O)c1ccc(C(=O)Nc2sc3c(c2-c2nc4ccccc4s2)CCN(C)C3)cc1.Cl. The van der Waals surface area contributed by atoms with Gasteiger partial charge in [0.25, 0.3) is 5.91 Å². The number of hydrogen-bond acceptors (Lipinski definition) is 7. The van der Waals surface area contributed by atoms with Crippen molar-refractivity contribution in [3.8, 4) is 10.6 Å². The first-order chi connectivity index (χ1) is 15.9. The van der Waals surface area contributed by atoms with Gasteiger partial charge in [-0.25, -0.2) is 13.4 Å². The number of benzene rings is 2. The van der Waals surface area contributed by atoms with Crippen molar-refractivity contribution in [3.05, 3.63) is 64.5 Å². The largest absolute Gasteiger partial charge is 0.313 e. The molecule has 2 aromatic carbocycles. The van der Waals surface area contributed by atoms with Crippen molar-refractivity contribution in [3.63, 3.8) is 0 Å². The Hall–Kier alpha value is -2.30. The maximum Gasteiger partial charge on any atom is 0.256 e. The second kappa shape index (κ2) is 9.75. The zero-order chi connectivity index (χ0) is 23.2. The molecule has 1 N–H and O–H groups in total. The molecule has 4 aromatic rings. The van der Waals surface area contributed by atoms with Crippen molar-refractivity contribution in [1.82, 2.24) is 9.88 Å². The van der Waals surface area contributed by atoms with E-state index in [2.05, 4.69) is 23.3 Å². The number of anilines is 1. The number of aromatic nitrogens is 1. The Morgan fingerprint density at radius 3 is 2.56 bits per heavy atom. The van der Waals surface area contributed by atoms with E-state index in [1.807, 2.05) is 18.2 Å². The Labute approximate surface area is 213 Å². The molecule has 0 aliphatic carbocycles. The second-order valence-electron chi connectivity index (χ2n) is 8.06. The molecule has 1 aliphatic heterocycles. The van der Waals surface area contributed by atoms with Crippen LogP contribution in [-0.4, -0.2) is 43.6 Å². The number of nitrogens with one attached hydrogen (secondary N) is 1. The Bertz CT molecular complexity index is 1430. The third kappa shape index (κ3) is 4.63. The number of fused-ring (bicyclic) bond motifs is 2. The normalized spacial score (nSPS) is 13.9. The van der Waals surface area contributed by atoms with Crippen molar-refractivity contribution in [2.75, 3.05) is 24.7 Å². The minimum Gasteiger partial charge on any atom is -0.313 e. The van der Waals surface area contributed by atoms with Crippen LogP contribution in [0, 0.1) is 0 Å². The number of thiophene rings is 1. The molecule has 0 fully saturated rings. The molecule has 2 aromatic heterocycles. The smallest absolute Gasteiger partial charge is 0.256 e. The van der Waals surface area contributed by atoms with Gasteiger partial charge in [-0.15, -0.1) is 35.1 Å². The first-order valence-electron chi connectivity index (χ1n) is 10.7. The lowest BCUT2D eigenvalue weighted by molar-refractivity contribution is 0.102. The molecule has 0 radical (unpaired) electrons. The molecule has 0 saturated heterocycles. The molecule has 34 heavy (non-hydrogen) atoms. The molecule has 6 nitrogen and oxygen atoms in total. The van der Waals surface area contributed by atoms with Gasteiger partial charge in [0.2, 0.25) is 0 Å². The van der Waals surface area contributed by atoms with E-state index in [1.54, 1.807) is 41.7 Å². The fourth-order valence-corrected chi connectivity index (χ4v) is 7.30. The van der Waals surface area contributed by atoms with Gasteiger partial charge in [-0.3, -0.25) is 4.79 Å². The highest BCUT2D eigenvalue weighted by Gasteiger charge is 2.27. The van der Waals surface area contributed by atoms with Crippen LogP contribution in [-0.2, 0) is 22.8 Å². The molecular formula is C24H24ClN3O3S3. The number of likely N-dealkylation sites (N-methyl/N-ethyl adjacent to an activating group) is 1.